The highest BCUT2D eigenvalue weighted by Crippen LogP contribution is 2.40. The maximum Gasteiger partial charge on any atom is 0.337 e. The molecule has 1 saturated heterocycles. The summed E-state index contributed by atoms with van der Waals surface area (Å²) in [5.74, 6) is -0.440. The number of hydrogen-bond acceptors (Lipinski definition) is 6. The molecule has 9 heteroatoms. The number of hydrogen-bond donors (Lipinski definition) is 1. The summed E-state index contributed by atoms with van der Waals surface area (Å²) in [4.78, 5) is 25.5. The number of fused-ring (bicyclic) bond motifs is 1. The van der Waals surface area contributed by atoms with Crippen molar-refractivity contribution in [2.24, 2.45) is 5.41 Å². The molecule has 1 aliphatic rings. The van der Waals surface area contributed by atoms with Crippen LogP contribution in [0.5, 0.6) is 0 Å². The van der Waals surface area contributed by atoms with E-state index in [2.05, 4.69) is 23.7 Å². The Kier molecular flexibility index (Phi) is 7.48. The molecule has 212 valence electrons. The van der Waals surface area contributed by atoms with E-state index >= 15 is 0 Å². The van der Waals surface area contributed by atoms with Crippen molar-refractivity contribution in [3.8, 4) is 10.7 Å². The van der Waals surface area contributed by atoms with Gasteiger partial charge in [-0.3, -0.25) is 4.40 Å². The highest BCUT2D eigenvalue weighted by atomic mass is 32.1. The van der Waals surface area contributed by atoms with Crippen molar-refractivity contribution in [2.45, 2.75) is 72.5 Å². The fraction of sp³-hybridized carbons (Fsp3) is 0.452. The normalized spacial score (nSPS) is 16.4. The van der Waals surface area contributed by atoms with E-state index in [1.54, 1.807) is 23.5 Å². The first-order valence-electron chi connectivity index (χ1n) is 13.7. The Morgan fingerprint density at radius 3 is 2.50 bits per heavy atom. The van der Waals surface area contributed by atoms with Gasteiger partial charge in [0.1, 0.15) is 28.0 Å². The Hall–Kier alpha value is -3.30. The van der Waals surface area contributed by atoms with Gasteiger partial charge >= 0.3 is 5.97 Å². The number of benzene rings is 1. The molecule has 1 atom stereocenters. The number of anilines is 1. The number of carboxylic acid groups (broad SMARTS) is 1. The monoisotopic (exact) mass is 564 g/mol. The number of pyridine rings is 1. The first kappa shape index (κ1) is 28.2. The van der Waals surface area contributed by atoms with Crippen molar-refractivity contribution in [2.75, 3.05) is 18.0 Å². The van der Waals surface area contributed by atoms with Gasteiger partial charge in [0.25, 0.3) is 0 Å². The van der Waals surface area contributed by atoms with Crippen LogP contribution in [-0.4, -0.2) is 44.1 Å². The Morgan fingerprint density at radius 1 is 1.20 bits per heavy atom. The van der Waals surface area contributed by atoms with Crippen LogP contribution in [0.4, 0.5) is 10.2 Å². The van der Waals surface area contributed by atoms with Gasteiger partial charge in [0.05, 0.1) is 5.60 Å². The van der Waals surface area contributed by atoms with Crippen molar-refractivity contribution in [3.05, 3.63) is 70.1 Å². The zero-order chi connectivity index (χ0) is 28.8. The molecule has 7 nitrogen and oxygen atoms in total. The van der Waals surface area contributed by atoms with Crippen LogP contribution in [0, 0.1) is 18.2 Å². The number of aliphatic carboxylic acids is 1. The van der Waals surface area contributed by atoms with Gasteiger partial charge in [-0.2, -0.15) is 0 Å². The fourth-order valence-electron chi connectivity index (χ4n) is 5.21. The predicted octanol–water partition coefficient (Wildman–Crippen LogP) is 7.06. The van der Waals surface area contributed by atoms with Crippen LogP contribution in [0.1, 0.15) is 75.1 Å². The van der Waals surface area contributed by atoms with Crippen molar-refractivity contribution in [3.63, 3.8) is 0 Å². The van der Waals surface area contributed by atoms with E-state index in [9.17, 15) is 14.3 Å². The zero-order valence-electron chi connectivity index (χ0n) is 24.0. The first-order valence-corrected chi connectivity index (χ1v) is 14.5. The zero-order valence-corrected chi connectivity index (χ0v) is 24.8. The number of piperidine rings is 1. The summed E-state index contributed by atoms with van der Waals surface area (Å²) >= 11 is 1.56. The van der Waals surface area contributed by atoms with Gasteiger partial charge < -0.3 is 14.7 Å². The van der Waals surface area contributed by atoms with Crippen LogP contribution < -0.4 is 4.90 Å². The van der Waals surface area contributed by atoms with Crippen LogP contribution in [0.2, 0.25) is 0 Å². The molecule has 0 bridgehead atoms. The third kappa shape index (κ3) is 6.05. The SMILES string of the molecule is Cc1cc2nc(-c3ncc(Cc4ccc(F)cc4)s3)cn2c(N2CCC(C)(C)CC2)c1[C@H](OC(C)(C)C)C(=O)O. The van der Waals surface area contributed by atoms with Crippen LogP contribution >= 0.6 is 11.3 Å². The smallest absolute Gasteiger partial charge is 0.337 e. The largest absolute Gasteiger partial charge is 0.479 e. The highest BCUT2D eigenvalue weighted by Gasteiger charge is 2.35. The van der Waals surface area contributed by atoms with E-state index in [1.165, 1.54) is 12.1 Å². The summed E-state index contributed by atoms with van der Waals surface area (Å²) in [6.07, 6.45) is 5.34. The number of halogens is 1. The minimum absolute atomic E-state index is 0.232. The second-order valence-electron chi connectivity index (χ2n) is 12.5. The van der Waals surface area contributed by atoms with Crippen molar-refractivity contribution in [1.29, 1.82) is 0 Å². The lowest BCUT2D eigenvalue weighted by Crippen LogP contribution is -2.40. The van der Waals surface area contributed by atoms with Crippen LogP contribution in [0.15, 0.2) is 42.7 Å². The number of ether oxygens (including phenoxy) is 1. The summed E-state index contributed by atoms with van der Waals surface area (Å²) in [6, 6.07) is 8.45. The van der Waals surface area contributed by atoms with Gasteiger partial charge in [-0.15, -0.1) is 11.3 Å². The van der Waals surface area contributed by atoms with E-state index in [0.29, 0.717) is 12.0 Å². The summed E-state index contributed by atoms with van der Waals surface area (Å²) in [5.41, 5.74) is 3.57. The molecule has 5 rings (SSSR count). The van der Waals surface area contributed by atoms with Crippen molar-refractivity contribution >= 4 is 28.8 Å². The summed E-state index contributed by atoms with van der Waals surface area (Å²) in [6.45, 7) is 13.7. The Balaban J connectivity index is 1.59. The van der Waals surface area contributed by atoms with Gasteiger partial charge in [0, 0.05) is 42.3 Å². The quantitative estimate of drug-likeness (QED) is 0.259. The lowest BCUT2D eigenvalue weighted by atomic mass is 9.82. The number of rotatable bonds is 7. The average Bonchev–Trinajstić information content (AvgIpc) is 3.50. The number of thiazole rings is 1. The third-order valence-corrected chi connectivity index (χ3v) is 8.43. The molecule has 0 radical (unpaired) electrons. The second-order valence-corrected chi connectivity index (χ2v) is 13.6. The average molecular weight is 565 g/mol. The maximum atomic E-state index is 13.3. The number of aromatic nitrogens is 3. The topological polar surface area (TPSA) is 80.0 Å². The number of nitrogens with zero attached hydrogens (tertiary/aromatic N) is 4. The first-order chi connectivity index (χ1) is 18.8. The molecule has 1 aromatic carbocycles. The molecular formula is C31H37FN4O3S. The van der Waals surface area contributed by atoms with Gasteiger partial charge in [-0.1, -0.05) is 26.0 Å². The van der Waals surface area contributed by atoms with Crippen LogP contribution in [0.3, 0.4) is 0 Å². The molecule has 4 aromatic rings. The number of imidazole rings is 1. The van der Waals surface area contributed by atoms with E-state index < -0.39 is 17.7 Å². The molecule has 4 heterocycles. The minimum Gasteiger partial charge on any atom is -0.479 e. The predicted molar refractivity (Wildman–Crippen MR) is 157 cm³/mol. The molecule has 0 aliphatic carbocycles. The summed E-state index contributed by atoms with van der Waals surface area (Å²) in [5, 5.41) is 11.1. The van der Waals surface area contributed by atoms with Gasteiger partial charge in [-0.05, 0) is 75.3 Å². The van der Waals surface area contributed by atoms with Crippen molar-refractivity contribution in [1.82, 2.24) is 14.4 Å². The second kappa shape index (κ2) is 10.6. The molecule has 0 amide bonds. The summed E-state index contributed by atoms with van der Waals surface area (Å²) < 4.78 is 21.5. The Morgan fingerprint density at radius 2 is 1.88 bits per heavy atom. The number of carboxylic acids is 1. The molecule has 0 spiro atoms. The lowest BCUT2D eigenvalue weighted by Gasteiger charge is -2.40. The number of carbonyl (C=O) groups is 1. The van der Waals surface area contributed by atoms with Gasteiger partial charge in [-0.25, -0.2) is 19.2 Å². The molecular weight excluding hydrogens is 527 g/mol. The maximum absolute atomic E-state index is 13.3. The molecule has 0 unspecified atom stereocenters. The minimum atomic E-state index is -1.12. The van der Waals surface area contributed by atoms with E-state index in [-0.39, 0.29) is 11.2 Å². The van der Waals surface area contributed by atoms with Crippen molar-refractivity contribution < 1.29 is 19.0 Å². The fourth-order valence-corrected chi connectivity index (χ4v) is 6.12. The van der Waals surface area contributed by atoms with Gasteiger partial charge in [0.2, 0.25) is 0 Å². The standard InChI is InChI=1S/C31H37FN4O3S/c1-19-15-24-34-23(27-33-17-22(40-27)16-20-7-9-21(32)10-8-20)18-36(24)28(35-13-11-31(5,6)12-14-35)25(19)26(29(37)38)39-30(2,3)4/h7-10,15,17-18,26H,11-14,16H2,1-6H3,(H,37,38)/t26-/m0/s1. The van der Waals surface area contributed by atoms with E-state index in [4.69, 9.17) is 9.72 Å². The van der Waals surface area contributed by atoms with Crippen LogP contribution in [0.25, 0.3) is 16.3 Å². The van der Waals surface area contributed by atoms with Crippen LogP contribution in [-0.2, 0) is 16.0 Å². The molecule has 1 fully saturated rings. The Labute approximate surface area is 238 Å². The van der Waals surface area contributed by atoms with Gasteiger partial charge in [0.15, 0.2) is 6.10 Å². The summed E-state index contributed by atoms with van der Waals surface area (Å²) in [7, 11) is 0. The molecule has 3 aromatic heterocycles. The highest BCUT2D eigenvalue weighted by molar-refractivity contribution is 7.15. The molecule has 1 aliphatic heterocycles. The number of aryl methyl sites for hydroxylation is 1. The molecule has 0 saturated carbocycles. The molecule has 1 N–H and O–H groups in total. The van der Waals surface area contributed by atoms with E-state index in [1.807, 2.05) is 50.6 Å². The Bertz CT molecular complexity index is 1520. The lowest BCUT2D eigenvalue weighted by molar-refractivity contribution is -0.160. The molecule has 40 heavy (non-hydrogen) atoms. The van der Waals surface area contributed by atoms with E-state index in [0.717, 1.165) is 64.1 Å². The third-order valence-electron chi connectivity index (χ3n) is 7.41.